The van der Waals surface area contributed by atoms with Crippen molar-refractivity contribution in [3.8, 4) is 0 Å². The zero-order chi connectivity index (χ0) is 21.3. The summed E-state index contributed by atoms with van der Waals surface area (Å²) in [5.74, 6) is 2.20. The van der Waals surface area contributed by atoms with Gasteiger partial charge in [-0.2, -0.15) is 4.98 Å². The van der Waals surface area contributed by atoms with Gasteiger partial charge >= 0.3 is 0 Å². The molecule has 1 aromatic carbocycles. The highest BCUT2D eigenvalue weighted by atomic mass is 79.9. The van der Waals surface area contributed by atoms with Crippen LogP contribution in [-0.2, 0) is 4.74 Å². The molecule has 0 saturated carbocycles. The van der Waals surface area contributed by atoms with Gasteiger partial charge < -0.3 is 15.0 Å². The summed E-state index contributed by atoms with van der Waals surface area (Å²) >= 11 is 3.59. The van der Waals surface area contributed by atoms with Gasteiger partial charge in [-0.25, -0.2) is 14.4 Å². The first-order valence-corrected chi connectivity index (χ1v) is 10.9. The molecule has 0 radical (unpaired) electrons. The number of halogens is 2. The van der Waals surface area contributed by atoms with Crippen molar-refractivity contribution in [3.63, 3.8) is 0 Å². The van der Waals surface area contributed by atoms with Crippen LogP contribution in [0.2, 0.25) is 0 Å². The number of nitrogens with one attached hydrogen (secondary N) is 1. The molecule has 3 aromatic rings. The number of hydrogen-bond acceptors (Lipinski definition) is 6. The molecule has 1 N–H and O–H groups in total. The minimum Gasteiger partial charge on any atom is -0.378 e. The normalized spacial score (nSPS) is 19.5. The van der Waals surface area contributed by atoms with Crippen molar-refractivity contribution in [3.05, 3.63) is 46.7 Å². The number of pyridine rings is 1. The maximum Gasteiger partial charge on any atom is 0.227 e. The minimum absolute atomic E-state index is 0.222. The number of anilines is 3. The van der Waals surface area contributed by atoms with Gasteiger partial charge in [0, 0.05) is 25.2 Å². The Kier molecular flexibility index (Phi) is 6.15. The molecule has 2 atom stereocenters. The lowest BCUT2D eigenvalue weighted by molar-refractivity contribution is 0.0194. The highest BCUT2D eigenvalue weighted by molar-refractivity contribution is 9.10. The van der Waals surface area contributed by atoms with Crippen LogP contribution >= 0.6 is 15.9 Å². The summed E-state index contributed by atoms with van der Waals surface area (Å²) in [6, 6.07) is 10.1. The highest BCUT2D eigenvalue weighted by Gasteiger charge is 2.30. The topological polar surface area (TPSA) is 63.2 Å². The van der Waals surface area contributed by atoms with Crippen LogP contribution in [0, 0.1) is 0 Å². The Bertz CT molecular complexity index is 1050. The standard InChI is InChI=1S/C22H25BrFN5O/c1-13(2)14-5-4-6-15-16(14)11-20(27-21(15)23)26-19-7-9-25-22(28-19)29-10-8-18(30-3)17(24)12-29/h4-7,9,11,13,17-18H,8,10,12H2,1-3H3,(H,25,26,27,28)/t17-,18+/m0/s1. The van der Waals surface area contributed by atoms with E-state index >= 15 is 0 Å². The molecule has 6 nitrogen and oxygen atoms in total. The number of alkyl halides is 1. The monoisotopic (exact) mass is 473 g/mol. The summed E-state index contributed by atoms with van der Waals surface area (Å²) in [4.78, 5) is 15.4. The van der Waals surface area contributed by atoms with E-state index in [9.17, 15) is 4.39 Å². The summed E-state index contributed by atoms with van der Waals surface area (Å²) in [6.07, 6.45) is 0.861. The van der Waals surface area contributed by atoms with E-state index in [0.717, 1.165) is 15.4 Å². The zero-order valence-electron chi connectivity index (χ0n) is 17.3. The second-order valence-electron chi connectivity index (χ2n) is 7.79. The van der Waals surface area contributed by atoms with Crippen LogP contribution in [0.3, 0.4) is 0 Å². The maximum atomic E-state index is 14.3. The van der Waals surface area contributed by atoms with Gasteiger partial charge in [-0.05, 0) is 51.4 Å². The van der Waals surface area contributed by atoms with Gasteiger partial charge in [0.2, 0.25) is 5.95 Å². The summed E-state index contributed by atoms with van der Waals surface area (Å²) in [7, 11) is 1.55. The first-order valence-electron chi connectivity index (χ1n) is 10.1. The molecule has 1 aliphatic rings. The van der Waals surface area contributed by atoms with Crippen molar-refractivity contribution in [1.29, 1.82) is 0 Å². The fraction of sp³-hybridized carbons (Fsp3) is 0.409. The molecular weight excluding hydrogens is 449 g/mol. The predicted molar refractivity (Wildman–Crippen MR) is 121 cm³/mol. The Labute approximate surface area is 184 Å². The second-order valence-corrected chi connectivity index (χ2v) is 8.54. The number of ether oxygens (including phenoxy) is 1. The summed E-state index contributed by atoms with van der Waals surface area (Å²) in [5.41, 5.74) is 1.26. The van der Waals surface area contributed by atoms with Crippen LogP contribution in [0.15, 0.2) is 41.1 Å². The largest absolute Gasteiger partial charge is 0.378 e. The van der Waals surface area contributed by atoms with Crippen molar-refractivity contribution in [2.75, 3.05) is 30.4 Å². The van der Waals surface area contributed by atoms with Gasteiger partial charge in [0.05, 0.1) is 12.6 Å². The Morgan fingerprint density at radius 1 is 1.20 bits per heavy atom. The predicted octanol–water partition coefficient (Wildman–Crippen LogP) is 5.22. The zero-order valence-corrected chi connectivity index (χ0v) is 18.9. The number of methoxy groups -OCH3 is 1. The number of benzene rings is 1. The average Bonchev–Trinajstić information content (AvgIpc) is 2.73. The van der Waals surface area contributed by atoms with Gasteiger partial charge in [0.25, 0.3) is 0 Å². The van der Waals surface area contributed by atoms with Crippen molar-refractivity contribution in [1.82, 2.24) is 15.0 Å². The van der Waals surface area contributed by atoms with Crippen LogP contribution in [0.25, 0.3) is 10.8 Å². The number of rotatable bonds is 5. The molecule has 158 valence electrons. The van der Waals surface area contributed by atoms with E-state index in [1.165, 1.54) is 5.56 Å². The van der Waals surface area contributed by atoms with Gasteiger partial charge in [-0.1, -0.05) is 32.0 Å². The molecule has 1 aliphatic heterocycles. The molecule has 4 rings (SSSR count). The third-order valence-electron chi connectivity index (χ3n) is 5.45. The Hall–Kier alpha value is -2.32. The Morgan fingerprint density at radius 2 is 2.03 bits per heavy atom. The summed E-state index contributed by atoms with van der Waals surface area (Å²) < 4.78 is 20.2. The van der Waals surface area contributed by atoms with E-state index in [-0.39, 0.29) is 12.6 Å². The molecule has 1 fully saturated rings. The lowest BCUT2D eigenvalue weighted by Gasteiger charge is -2.33. The van der Waals surface area contributed by atoms with Crippen molar-refractivity contribution >= 4 is 44.3 Å². The third-order valence-corrected chi connectivity index (χ3v) is 6.05. The van der Waals surface area contributed by atoms with Gasteiger partial charge in [0.15, 0.2) is 0 Å². The molecule has 1 saturated heterocycles. The maximum absolute atomic E-state index is 14.3. The number of nitrogens with zero attached hydrogens (tertiary/aromatic N) is 4. The molecule has 0 aliphatic carbocycles. The second kappa shape index (κ2) is 8.81. The Morgan fingerprint density at radius 3 is 2.77 bits per heavy atom. The molecule has 30 heavy (non-hydrogen) atoms. The number of hydrogen-bond donors (Lipinski definition) is 1. The third kappa shape index (κ3) is 4.25. The van der Waals surface area contributed by atoms with Gasteiger partial charge in [0.1, 0.15) is 22.4 Å². The molecule has 3 heterocycles. The van der Waals surface area contributed by atoms with E-state index in [1.807, 2.05) is 11.0 Å². The summed E-state index contributed by atoms with van der Waals surface area (Å²) in [6.45, 7) is 5.23. The first-order chi connectivity index (χ1) is 14.5. The van der Waals surface area contributed by atoms with Gasteiger partial charge in [-0.3, -0.25) is 0 Å². The van der Waals surface area contributed by atoms with Crippen LogP contribution in [-0.4, -0.2) is 47.4 Å². The quantitative estimate of drug-likeness (QED) is 0.512. The van der Waals surface area contributed by atoms with E-state index in [0.29, 0.717) is 36.5 Å². The lowest BCUT2D eigenvalue weighted by atomic mass is 9.97. The molecule has 2 aromatic heterocycles. The minimum atomic E-state index is -1.06. The van der Waals surface area contributed by atoms with Crippen LogP contribution in [0.5, 0.6) is 0 Å². The first kappa shape index (κ1) is 20.9. The van der Waals surface area contributed by atoms with E-state index in [4.69, 9.17) is 4.74 Å². The van der Waals surface area contributed by atoms with E-state index in [1.54, 1.807) is 19.4 Å². The molecular formula is C22H25BrFN5O. The Balaban J connectivity index is 1.60. The van der Waals surface area contributed by atoms with Crippen LogP contribution in [0.1, 0.15) is 31.7 Å². The molecule has 0 bridgehead atoms. The highest BCUT2D eigenvalue weighted by Crippen LogP contribution is 2.32. The van der Waals surface area contributed by atoms with Crippen LogP contribution < -0.4 is 10.2 Å². The van der Waals surface area contributed by atoms with Crippen LogP contribution in [0.4, 0.5) is 22.0 Å². The van der Waals surface area contributed by atoms with E-state index in [2.05, 4.69) is 68.2 Å². The molecule has 0 unspecified atom stereocenters. The summed E-state index contributed by atoms with van der Waals surface area (Å²) in [5, 5.41) is 5.50. The number of aromatic nitrogens is 3. The molecule has 0 amide bonds. The number of fused-ring (bicyclic) bond motifs is 1. The van der Waals surface area contributed by atoms with E-state index < -0.39 is 6.17 Å². The molecule has 0 spiro atoms. The van der Waals surface area contributed by atoms with Crippen molar-refractivity contribution in [2.45, 2.75) is 38.5 Å². The SMILES string of the molecule is CO[C@@H]1CCN(c2nccc(Nc3cc4c(C(C)C)cccc4c(Br)n3)n2)C[C@@H]1F. The lowest BCUT2D eigenvalue weighted by Crippen LogP contribution is -2.46. The average molecular weight is 474 g/mol. The fourth-order valence-corrected chi connectivity index (χ4v) is 4.40. The fourth-order valence-electron chi connectivity index (χ4n) is 3.86. The molecule has 8 heteroatoms. The smallest absolute Gasteiger partial charge is 0.227 e. The van der Waals surface area contributed by atoms with Crippen molar-refractivity contribution in [2.24, 2.45) is 0 Å². The van der Waals surface area contributed by atoms with Gasteiger partial charge in [-0.15, -0.1) is 0 Å². The number of piperidine rings is 1. The van der Waals surface area contributed by atoms with Crippen molar-refractivity contribution < 1.29 is 9.13 Å².